The predicted molar refractivity (Wildman–Crippen MR) is 94.8 cm³/mol. The maximum atomic E-state index is 1.61. The van der Waals surface area contributed by atoms with Crippen molar-refractivity contribution in [3.63, 3.8) is 0 Å². The Morgan fingerprint density at radius 3 is 0.905 bits per heavy atom. The fraction of sp³-hybridized carbons (Fsp3) is 1.00. The van der Waals surface area contributed by atoms with Crippen molar-refractivity contribution in [2.45, 2.75) is 113 Å². The van der Waals surface area contributed by atoms with Crippen molar-refractivity contribution in [1.82, 2.24) is 0 Å². The van der Waals surface area contributed by atoms with Gasteiger partial charge in [-0.1, -0.05) is 65.7 Å². The van der Waals surface area contributed by atoms with Gasteiger partial charge in [0, 0.05) is 20.4 Å². The van der Waals surface area contributed by atoms with Crippen molar-refractivity contribution >= 4 is 20.3 Å². The summed E-state index contributed by atoms with van der Waals surface area (Å²) in [6, 6.07) is 0. The van der Waals surface area contributed by atoms with Gasteiger partial charge in [0.25, 0.3) is 0 Å². The third-order valence-electron chi connectivity index (χ3n) is 5.99. The van der Waals surface area contributed by atoms with E-state index in [1.807, 2.05) is 0 Å². The topological polar surface area (TPSA) is 0 Å². The molecule has 0 unspecified atom stereocenters. The van der Waals surface area contributed by atoms with Crippen LogP contribution in [0.5, 0.6) is 0 Å². The van der Waals surface area contributed by atoms with Gasteiger partial charge in [-0.25, -0.2) is 0 Å². The molecule has 0 spiro atoms. The quantitative estimate of drug-likeness (QED) is 0.343. The number of hydrogen-bond donors (Lipinski definition) is 0. The van der Waals surface area contributed by atoms with Gasteiger partial charge in [0.1, 0.15) is 0 Å². The van der Waals surface area contributed by atoms with E-state index in [-0.39, 0.29) is 32.8 Å². The minimum absolute atomic E-state index is 0. The van der Waals surface area contributed by atoms with Crippen LogP contribution in [-0.4, -0.2) is 17.0 Å². The third kappa shape index (κ3) is 5.75. The molecule has 3 aliphatic carbocycles. The standard InChI is InChI=1S/C18H33P.ClH.Pd/c1-4-10-16(11-5-1)19(17-12-6-2-7-13-17)18-14-8-3-9-15-18;;/h16-18H,1-15H2;1H;. The van der Waals surface area contributed by atoms with Gasteiger partial charge >= 0.3 is 0 Å². The summed E-state index contributed by atoms with van der Waals surface area (Å²) in [5.74, 6) is 0. The summed E-state index contributed by atoms with van der Waals surface area (Å²) in [6.45, 7) is 0. The summed E-state index contributed by atoms with van der Waals surface area (Å²) >= 11 is 0. The molecule has 0 heterocycles. The first-order valence-corrected chi connectivity index (χ1v) is 10.8. The molecule has 0 radical (unpaired) electrons. The van der Waals surface area contributed by atoms with E-state index in [1.54, 1.807) is 77.0 Å². The Morgan fingerprint density at radius 1 is 0.429 bits per heavy atom. The van der Waals surface area contributed by atoms with E-state index in [0.717, 1.165) is 0 Å². The normalized spacial score (nSPS) is 26.1. The van der Waals surface area contributed by atoms with Gasteiger partial charge in [0.2, 0.25) is 0 Å². The van der Waals surface area contributed by atoms with Crippen LogP contribution >= 0.6 is 20.3 Å². The molecular weight excluding hydrogens is 389 g/mol. The van der Waals surface area contributed by atoms with Gasteiger partial charge in [-0.3, -0.25) is 0 Å². The first-order chi connectivity index (χ1) is 9.45. The second-order valence-corrected chi connectivity index (χ2v) is 10.4. The van der Waals surface area contributed by atoms with E-state index in [0.29, 0.717) is 7.92 Å². The van der Waals surface area contributed by atoms with Crippen LogP contribution in [-0.2, 0) is 20.4 Å². The van der Waals surface area contributed by atoms with Gasteiger partial charge in [-0.05, 0) is 55.5 Å². The summed E-state index contributed by atoms with van der Waals surface area (Å²) in [4.78, 5) is 0. The molecule has 3 fully saturated rings. The molecule has 0 aliphatic heterocycles. The Bertz CT molecular complexity index is 213. The van der Waals surface area contributed by atoms with Gasteiger partial charge in [-0.15, -0.1) is 12.4 Å². The third-order valence-corrected chi connectivity index (χ3v) is 10.1. The molecule has 0 aromatic rings. The van der Waals surface area contributed by atoms with Gasteiger partial charge in [0.05, 0.1) is 0 Å². The van der Waals surface area contributed by atoms with Crippen molar-refractivity contribution in [1.29, 1.82) is 0 Å². The molecule has 3 rings (SSSR count). The van der Waals surface area contributed by atoms with Gasteiger partial charge in [0.15, 0.2) is 0 Å². The molecule has 0 aromatic heterocycles. The summed E-state index contributed by atoms with van der Waals surface area (Å²) in [5.41, 5.74) is 3.57. The molecule has 3 heteroatoms. The zero-order valence-corrected chi connectivity index (χ0v) is 16.8. The summed E-state index contributed by atoms with van der Waals surface area (Å²) < 4.78 is 0. The number of hydrogen-bond acceptors (Lipinski definition) is 0. The van der Waals surface area contributed by atoms with Crippen molar-refractivity contribution in [3.05, 3.63) is 0 Å². The molecule has 128 valence electrons. The average Bonchev–Trinajstić information content (AvgIpc) is 2.51. The first-order valence-electron chi connectivity index (χ1n) is 9.22. The Morgan fingerprint density at radius 2 is 0.667 bits per heavy atom. The molecule has 0 amide bonds. The summed E-state index contributed by atoms with van der Waals surface area (Å²) in [6.07, 6.45) is 23.6. The molecule has 0 aromatic carbocycles. The number of rotatable bonds is 3. The van der Waals surface area contributed by atoms with Crippen LogP contribution in [0.2, 0.25) is 0 Å². The number of halogens is 1. The molecular formula is C18H34ClPPd. The van der Waals surface area contributed by atoms with Crippen molar-refractivity contribution in [3.8, 4) is 0 Å². The Balaban J connectivity index is 0.00000110. The SMILES string of the molecule is C1CCC(P(C2CCCCC2)C2CCCCC2)CC1.Cl.[Pd]. The van der Waals surface area contributed by atoms with Crippen LogP contribution < -0.4 is 0 Å². The first kappa shape index (κ1) is 20.4. The fourth-order valence-electron chi connectivity index (χ4n) is 5.03. The van der Waals surface area contributed by atoms with Crippen molar-refractivity contribution < 1.29 is 20.4 Å². The molecule has 3 saturated carbocycles. The predicted octanol–water partition coefficient (Wildman–Crippen LogP) is 6.89. The van der Waals surface area contributed by atoms with E-state index >= 15 is 0 Å². The summed E-state index contributed by atoms with van der Waals surface area (Å²) in [7, 11) is 0.385. The van der Waals surface area contributed by atoms with Crippen molar-refractivity contribution in [2.75, 3.05) is 0 Å². The molecule has 0 N–H and O–H groups in total. The van der Waals surface area contributed by atoms with E-state index in [2.05, 4.69) is 0 Å². The maximum Gasteiger partial charge on any atom is 0 e. The zero-order chi connectivity index (χ0) is 12.9. The zero-order valence-electron chi connectivity index (χ0n) is 13.5. The van der Waals surface area contributed by atoms with Crippen LogP contribution in [0.25, 0.3) is 0 Å². The molecule has 3 aliphatic rings. The minimum atomic E-state index is 0. The van der Waals surface area contributed by atoms with E-state index in [9.17, 15) is 0 Å². The van der Waals surface area contributed by atoms with Crippen LogP contribution in [0.1, 0.15) is 96.3 Å². The second-order valence-electron chi connectivity index (χ2n) is 7.32. The van der Waals surface area contributed by atoms with Gasteiger partial charge in [-0.2, -0.15) is 0 Å². The average molecular weight is 423 g/mol. The minimum Gasteiger partial charge on any atom is -0.147 e. The Labute approximate surface area is 153 Å². The molecule has 0 nitrogen and oxygen atoms in total. The van der Waals surface area contributed by atoms with E-state index in [1.165, 1.54) is 36.2 Å². The maximum absolute atomic E-state index is 1.61. The van der Waals surface area contributed by atoms with E-state index in [4.69, 9.17) is 0 Å². The molecule has 21 heavy (non-hydrogen) atoms. The molecule has 0 saturated heterocycles. The summed E-state index contributed by atoms with van der Waals surface area (Å²) in [5, 5.41) is 0. The van der Waals surface area contributed by atoms with Crippen LogP contribution in [0.15, 0.2) is 0 Å². The van der Waals surface area contributed by atoms with E-state index < -0.39 is 0 Å². The monoisotopic (exact) mass is 422 g/mol. The van der Waals surface area contributed by atoms with Crippen LogP contribution in [0, 0.1) is 0 Å². The fourth-order valence-corrected chi connectivity index (χ4v) is 9.71. The van der Waals surface area contributed by atoms with Gasteiger partial charge < -0.3 is 0 Å². The smallest absolute Gasteiger partial charge is 0 e. The molecule has 0 atom stereocenters. The largest absolute Gasteiger partial charge is 0.147 e. The Kier molecular flexibility index (Phi) is 10.7. The van der Waals surface area contributed by atoms with Crippen LogP contribution in [0.4, 0.5) is 0 Å². The molecule has 0 bridgehead atoms. The second kappa shape index (κ2) is 11.0. The van der Waals surface area contributed by atoms with Crippen molar-refractivity contribution in [2.24, 2.45) is 0 Å². The Hall–Kier alpha value is 1.38. The van der Waals surface area contributed by atoms with Crippen LogP contribution in [0.3, 0.4) is 0 Å².